The van der Waals surface area contributed by atoms with Crippen molar-refractivity contribution >= 4 is 5.91 Å². The predicted molar refractivity (Wildman–Crippen MR) is 75.0 cm³/mol. The van der Waals surface area contributed by atoms with Crippen LogP contribution in [0.4, 0.5) is 0 Å². The summed E-state index contributed by atoms with van der Waals surface area (Å²) in [7, 11) is 0. The van der Waals surface area contributed by atoms with Crippen LogP contribution in [0.2, 0.25) is 0 Å². The summed E-state index contributed by atoms with van der Waals surface area (Å²) < 4.78 is 11.0. The molecule has 0 saturated carbocycles. The second-order valence-electron chi connectivity index (χ2n) is 5.06. The number of hydrogen-bond donors (Lipinski definition) is 1. The molecule has 1 aliphatic heterocycles. The Morgan fingerprint density at radius 1 is 1.30 bits per heavy atom. The van der Waals surface area contributed by atoms with Crippen LogP contribution in [0.15, 0.2) is 34.7 Å². The summed E-state index contributed by atoms with van der Waals surface area (Å²) in [5, 5.41) is 2.94. The minimum Gasteiger partial charge on any atom is -0.493 e. The Bertz CT molecular complexity index is 645. The largest absolute Gasteiger partial charge is 0.493 e. The van der Waals surface area contributed by atoms with Crippen molar-refractivity contribution in [3.05, 3.63) is 53.0 Å². The van der Waals surface area contributed by atoms with Gasteiger partial charge in [0.15, 0.2) is 0 Å². The molecule has 1 aromatic carbocycles. The third-order valence-corrected chi connectivity index (χ3v) is 3.49. The lowest BCUT2D eigenvalue weighted by atomic mass is 10.1. The number of nitrogens with one attached hydrogen (secondary N) is 1. The minimum absolute atomic E-state index is 0.0961. The molecule has 20 heavy (non-hydrogen) atoms. The molecule has 4 nitrogen and oxygen atoms in total. The van der Waals surface area contributed by atoms with E-state index in [1.807, 2.05) is 38.1 Å². The van der Waals surface area contributed by atoms with E-state index in [0.717, 1.165) is 29.3 Å². The molecule has 0 saturated heterocycles. The second-order valence-corrected chi connectivity index (χ2v) is 5.06. The third kappa shape index (κ3) is 2.41. The third-order valence-electron chi connectivity index (χ3n) is 3.49. The van der Waals surface area contributed by atoms with Crippen LogP contribution in [0.1, 0.15) is 40.4 Å². The van der Waals surface area contributed by atoms with Crippen LogP contribution >= 0.6 is 0 Å². The molecule has 0 spiro atoms. The SMILES string of the molecule is Cc1ccc(C(C)NC(=O)c2ccc3c(c2)CCO3)o1. The van der Waals surface area contributed by atoms with E-state index < -0.39 is 0 Å². The molecule has 0 radical (unpaired) electrons. The van der Waals surface area contributed by atoms with Gasteiger partial charge >= 0.3 is 0 Å². The summed E-state index contributed by atoms with van der Waals surface area (Å²) in [5.74, 6) is 2.40. The molecule has 104 valence electrons. The molecule has 3 rings (SSSR count). The first-order chi connectivity index (χ1) is 9.63. The van der Waals surface area contributed by atoms with Crippen LogP contribution in [0, 0.1) is 6.92 Å². The van der Waals surface area contributed by atoms with Crippen LogP contribution in [-0.4, -0.2) is 12.5 Å². The maximum absolute atomic E-state index is 12.2. The van der Waals surface area contributed by atoms with E-state index in [0.29, 0.717) is 12.2 Å². The fraction of sp³-hybridized carbons (Fsp3) is 0.312. The maximum atomic E-state index is 12.2. The van der Waals surface area contributed by atoms with Crippen molar-refractivity contribution in [2.45, 2.75) is 26.3 Å². The van der Waals surface area contributed by atoms with Crippen molar-refractivity contribution < 1.29 is 13.9 Å². The van der Waals surface area contributed by atoms with Gasteiger partial charge in [-0.2, -0.15) is 0 Å². The van der Waals surface area contributed by atoms with Crippen LogP contribution in [0.25, 0.3) is 0 Å². The van der Waals surface area contributed by atoms with Crippen molar-refractivity contribution in [1.29, 1.82) is 0 Å². The van der Waals surface area contributed by atoms with Gasteiger partial charge in [-0.15, -0.1) is 0 Å². The molecule has 0 fully saturated rings. The van der Waals surface area contributed by atoms with Gasteiger partial charge in [0.1, 0.15) is 17.3 Å². The summed E-state index contributed by atoms with van der Waals surface area (Å²) in [6.07, 6.45) is 0.864. The Morgan fingerprint density at radius 3 is 2.90 bits per heavy atom. The highest BCUT2D eigenvalue weighted by atomic mass is 16.5. The van der Waals surface area contributed by atoms with Gasteiger partial charge in [-0.1, -0.05) is 0 Å². The first-order valence-electron chi connectivity index (χ1n) is 6.76. The molecule has 0 bridgehead atoms. The Labute approximate surface area is 117 Å². The zero-order chi connectivity index (χ0) is 14.1. The summed E-state index contributed by atoms with van der Waals surface area (Å²) in [6, 6.07) is 9.18. The van der Waals surface area contributed by atoms with Gasteiger partial charge in [0.25, 0.3) is 5.91 Å². The molecule has 1 amide bonds. The van der Waals surface area contributed by atoms with Crippen LogP contribution in [0.3, 0.4) is 0 Å². The molecule has 2 heterocycles. The zero-order valence-electron chi connectivity index (χ0n) is 11.6. The summed E-state index contributed by atoms with van der Waals surface area (Å²) in [6.45, 7) is 4.49. The fourth-order valence-electron chi connectivity index (χ4n) is 2.37. The van der Waals surface area contributed by atoms with E-state index in [9.17, 15) is 4.79 Å². The van der Waals surface area contributed by atoms with E-state index >= 15 is 0 Å². The number of carbonyl (C=O) groups is 1. The predicted octanol–water partition coefficient (Wildman–Crippen LogP) is 3.01. The van der Waals surface area contributed by atoms with Gasteiger partial charge in [0, 0.05) is 12.0 Å². The number of aryl methyl sites for hydroxylation is 1. The first kappa shape index (κ1) is 12.8. The van der Waals surface area contributed by atoms with Gasteiger partial charge in [-0.05, 0) is 49.7 Å². The first-order valence-corrected chi connectivity index (χ1v) is 6.76. The number of fused-ring (bicyclic) bond motifs is 1. The van der Waals surface area contributed by atoms with Crippen molar-refractivity contribution in [3.63, 3.8) is 0 Å². The lowest BCUT2D eigenvalue weighted by molar-refractivity contribution is 0.0935. The number of hydrogen-bond acceptors (Lipinski definition) is 3. The maximum Gasteiger partial charge on any atom is 0.251 e. The van der Waals surface area contributed by atoms with Gasteiger partial charge in [0.2, 0.25) is 0 Å². The number of benzene rings is 1. The topological polar surface area (TPSA) is 51.5 Å². The molecule has 4 heteroatoms. The normalized spacial score (nSPS) is 14.5. The van der Waals surface area contributed by atoms with Gasteiger partial charge < -0.3 is 14.5 Å². The number of ether oxygens (including phenoxy) is 1. The van der Waals surface area contributed by atoms with Crippen LogP contribution in [-0.2, 0) is 6.42 Å². The van der Waals surface area contributed by atoms with Crippen molar-refractivity contribution in [2.75, 3.05) is 6.61 Å². The molecular weight excluding hydrogens is 254 g/mol. The Hall–Kier alpha value is -2.23. The fourth-order valence-corrected chi connectivity index (χ4v) is 2.37. The Balaban J connectivity index is 1.73. The molecule has 1 N–H and O–H groups in total. The van der Waals surface area contributed by atoms with Crippen molar-refractivity contribution in [2.24, 2.45) is 0 Å². The number of rotatable bonds is 3. The van der Waals surface area contributed by atoms with Crippen LogP contribution < -0.4 is 10.1 Å². The molecular formula is C16H17NO3. The average molecular weight is 271 g/mol. The minimum atomic E-state index is -0.152. The summed E-state index contributed by atoms with van der Waals surface area (Å²) >= 11 is 0. The Kier molecular flexibility index (Phi) is 3.22. The molecule has 2 aromatic rings. The van der Waals surface area contributed by atoms with E-state index in [-0.39, 0.29) is 11.9 Å². The number of carbonyl (C=O) groups excluding carboxylic acids is 1. The molecule has 1 aliphatic rings. The smallest absolute Gasteiger partial charge is 0.251 e. The highest BCUT2D eigenvalue weighted by molar-refractivity contribution is 5.94. The molecule has 1 unspecified atom stereocenters. The monoisotopic (exact) mass is 271 g/mol. The van der Waals surface area contributed by atoms with Crippen molar-refractivity contribution in [3.8, 4) is 5.75 Å². The van der Waals surface area contributed by atoms with Crippen molar-refractivity contribution in [1.82, 2.24) is 5.32 Å². The van der Waals surface area contributed by atoms with Gasteiger partial charge in [0.05, 0.1) is 12.6 Å². The standard InChI is InChI=1S/C16H17NO3/c1-10-3-5-14(20-10)11(2)17-16(18)13-4-6-15-12(9-13)7-8-19-15/h3-6,9,11H,7-8H2,1-2H3,(H,17,18). The lowest BCUT2D eigenvalue weighted by Crippen LogP contribution is -2.26. The van der Waals surface area contributed by atoms with Crippen LogP contribution in [0.5, 0.6) is 5.75 Å². The molecule has 1 atom stereocenters. The van der Waals surface area contributed by atoms with Gasteiger partial charge in [-0.3, -0.25) is 4.79 Å². The summed E-state index contributed by atoms with van der Waals surface area (Å²) in [4.78, 5) is 12.2. The second kappa shape index (κ2) is 5.04. The van der Waals surface area contributed by atoms with Gasteiger partial charge in [-0.25, -0.2) is 0 Å². The van der Waals surface area contributed by atoms with E-state index in [1.165, 1.54) is 0 Å². The quantitative estimate of drug-likeness (QED) is 0.933. The number of amides is 1. The Morgan fingerprint density at radius 2 is 2.15 bits per heavy atom. The zero-order valence-corrected chi connectivity index (χ0v) is 11.6. The molecule has 0 aliphatic carbocycles. The van der Waals surface area contributed by atoms with E-state index in [4.69, 9.17) is 9.15 Å². The highest BCUT2D eigenvalue weighted by Crippen LogP contribution is 2.26. The van der Waals surface area contributed by atoms with E-state index in [2.05, 4.69) is 5.32 Å². The average Bonchev–Trinajstić information content (AvgIpc) is 3.05. The summed E-state index contributed by atoms with van der Waals surface area (Å²) in [5.41, 5.74) is 1.75. The number of furan rings is 1. The molecule has 1 aromatic heterocycles. The highest BCUT2D eigenvalue weighted by Gasteiger charge is 2.17. The lowest BCUT2D eigenvalue weighted by Gasteiger charge is -2.12. The van der Waals surface area contributed by atoms with E-state index in [1.54, 1.807) is 6.07 Å².